The second-order valence-corrected chi connectivity index (χ2v) is 9.25. The number of anilines is 1. The summed E-state index contributed by atoms with van der Waals surface area (Å²) in [6.45, 7) is 5.94. The first kappa shape index (κ1) is 23.2. The summed E-state index contributed by atoms with van der Waals surface area (Å²) in [7, 11) is 1.18. The Labute approximate surface area is 185 Å². The quantitative estimate of drug-likeness (QED) is 0.493. The van der Waals surface area contributed by atoms with Crippen molar-refractivity contribution in [2.45, 2.75) is 52.5 Å². The smallest absolute Gasteiger partial charge is 0.437 e. The number of carbonyl (C=O) groups is 2. The number of hydrogen-bond acceptors (Lipinski definition) is 5. The molecule has 0 unspecified atom stereocenters. The van der Waals surface area contributed by atoms with Crippen molar-refractivity contribution in [3.05, 3.63) is 35.9 Å². The maximum atomic E-state index is 14.4. The van der Waals surface area contributed by atoms with Crippen LogP contribution in [0.3, 0.4) is 0 Å². The van der Waals surface area contributed by atoms with E-state index in [-0.39, 0.29) is 29.2 Å². The van der Waals surface area contributed by atoms with Crippen molar-refractivity contribution in [3.63, 3.8) is 0 Å². The van der Waals surface area contributed by atoms with Crippen LogP contribution in [0.2, 0.25) is 0 Å². The summed E-state index contributed by atoms with van der Waals surface area (Å²) in [6.07, 6.45) is 2.66. The predicted octanol–water partition coefficient (Wildman–Crippen LogP) is 6.41. The number of rotatable bonds is 5. The van der Waals surface area contributed by atoms with Crippen molar-refractivity contribution in [2.24, 2.45) is 11.8 Å². The Bertz CT molecular complexity index is 951. The van der Waals surface area contributed by atoms with Gasteiger partial charge in [0.05, 0.1) is 7.11 Å². The SMILES string of the molecule is COC(=O)Oc1cc(-c2ccc(F)cc2F)sc1N(C(=O)[C@H]1CC[C@H](C)CC1)C(C)C. The van der Waals surface area contributed by atoms with Gasteiger partial charge in [-0.3, -0.25) is 9.69 Å². The van der Waals surface area contributed by atoms with Gasteiger partial charge in [-0.2, -0.15) is 0 Å². The molecule has 8 heteroatoms. The van der Waals surface area contributed by atoms with Crippen LogP contribution in [0.4, 0.5) is 18.6 Å². The van der Waals surface area contributed by atoms with Crippen molar-refractivity contribution < 1.29 is 27.8 Å². The molecule has 0 spiro atoms. The topological polar surface area (TPSA) is 55.8 Å². The molecule has 1 aliphatic carbocycles. The second-order valence-electron chi connectivity index (χ2n) is 8.22. The summed E-state index contributed by atoms with van der Waals surface area (Å²) >= 11 is 1.12. The Morgan fingerprint density at radius 2 is 1.81 bits per heavy atom. The van der Waals surface area contributed by atoms with Gasteiger partial charge in [0.2, 0.25) is 5.91 Å². The molecular weight excluding hydrogens is 424 g/mol. The Kier molecular flexibility index (Phi) is 7.30. The summed E-state index contributed by atoms with van der Waals surface area (Å²) < 4.78 is 37.7. The molecule has 0 saturated heterocycles. The molecule has 0 aliphatic heterocycles. The third kappa shape index (κ3) is 5.23. The number of ether oxygens (including phenoxy) is 2. The Hall–Kier alpha value is -2.48. The average Bonchev–Trinajstić information content (AvgIpc) is 3.10. The minimum Gasteiger partial charge on any atom is -0.437 e. The first-order valence-corrected chi connectivity index (χ1v) is 11.2. The monoisotopic (exact) mass is 451 g/mol. The molecule has 1 saturated carbocycles. The summed E-state index contributed by atoms with van der Waals surface area (Å²) in [5.41, 5.74) is 0.162. The van der Waals surface area contributed by atoms with Crippen LogP contribution in [0.5, 0.6) is 5.75 Å². The summed E-state index contributed by atoms with van der Waals surface area (Å²) in [5.74, 6) is -0.857. The van der Waals surface area contributed by atoms with Gasteiger partial charge in [-0.15, -0.1) is 11.3 Å². The van der Waals surface area contributed by atoms with Crippen molar-refractivity contribution in [1.29, 1.82) is 0 Å². The van der Waals surface area contributed by atoms with Gasteiger partial charge < -0.3 is 9.47 Å². The van der Waals surface area contributed by atoms with Crippen LogP contribution >= 0.6 is 11.3 Å². The minimum atomic E-state index is -0.937. The van der Waals surface area contributed by atoms with Gasteiger partial charge >= 0.3 is 6.16 Å². The number of hydrogen-bond donors (Lipinski definition) is 0. The van der Waals surface area contributed by atoms with Crippen molar-refractivity contribution >= 4 is 28.4 Å². The second kappa shape index (κ2) is 9.77. The lowest BCUT2D eigenvalue weighted by Gasteiger charge is -2.33. The van der Waals surface area contributed by atoms with E-state index in [0.29, 0.717) is 15.8 Å². The highest BCUT2D eigenvalue weighted by atomic mass is 32.1. The lowest BCUT2D eigenvalue weighted by Crippen LogP contribution is -2.42. The third-order valence-corrected chi connectivity index (χ3v) is 6.72. The van der Waals surface area contributed by atoms with Gasteiger partial charge in [-0.05, 0) is 57.6 Å². The molecule has 1 amide bonds. The number of benzene rings is 1. The van der Waals surface area contributed by atoms with Crippen LogP contribution in [-0.4, -0.2) is 25.2 Å². The van der Waals surface area contributed by atoms with E-state index in [4.69, 9.17) is 4.74 Å². The van der Waals surface area contributed by atoms with E-state index in [1.807, 2.05) is 13.8 Å². The fourth-order valence-corrected chi connectivity index (χ4v) is 5.10. The van der Waals surface area contributed by atoms with E-state index in [9.17, 15) is 18.4 Å². The van der Waals surface area contributed by atoms with Crippen LogP contribution in [0.25, 0.3) is 10.4 Å². The molecule has 168 valence electrons. The molecule has 1 heterocycles. The molecule has 1 fully saturated rings. The molecule has 5 nitrogen and oxygen atoms in total. The van der Waals surface area contributed by atoms with Crippen LogP contribution in [0.15, 0.2) is 24.3 Å². The predicted molar refractivity (Wildman–Crippen MR) is 116 cm³/mol. The first-order chi connectivity index (χ1) is 14.7. The molecule has 3 rings (SSSR count). The van der Waals surface area contributed by atoms with Crippen molar-refractivity contribution in [1.82, 2.24) is 0 Å². The zero-order valence-corrected chi connectivity index (χ0v) is 18.9. The van der Waals surface area contributed by atoms with Crippen LogP contribution in [-0.2, 0) is 9.53 Å². The van der Waals surface area contributed by atoms with E-state index < -0.39 is 17.8 Å². The molecule has 0 radical (unpaired) electrons. The van der Waals surface area contributed by atoms with Gasteiger partial charge in [0.25, 0.3) is 0 Å². The van der Waals surface area contributed by atoms with E-state index in [0.717, 1.165) is 49.2 Å². The van der Waals surface area contributed by atoms with Gasteiger partial charge in [0, 0.05) is 34.5 Å². The Balaban J connectivity index is 2.03. The number of amides is 1. The van der Waals surface area contributed by atoms with Gasteiger partial charge in [0.15, 0.2) is 5.75 Å². The zero-order valence-electron chi connectivity index (χ0n) is 18.1. The van der Waals surface area contributed by atoms with E-state index in [1.165, 1.54) is 19.2 Å². The van der Waals surface area contributed by atoms with E-state index >= 15 is 0 Å². The fourth-order valence-electron chi connectivity index (χ4n) is 3.85. The van der Waals surface area contributed by atoms with Crippen LogP contribution < -0.4 is 9.64 Å². The van der Waals surface area contributed by atoms with Crippen molar-refractivity contribution in [2.75, 3.05) is 12.0 Å². The first-order valence-electron chi connectivity index (χ1n) is 10.4. The third-order valence-electron chi connectivity index (χ3n) is 5.57. The largest absolute Gasteiger partial charge is 0.513 e. The number of nitrogens with zero attached hydrogens (tertiary/aromatic N) is 1. The molecule has 0 N–H and O–H groups in total. The van der Waals surface area contributed by atoms with Gasteiger partial charge in [-0.25, -0.2) is 13.6 Å². The highest BCUT2D eigenvalue weighted by Gasteiger charge is 2.33. The van der Waals surface area contributed by atoms with Gasteiger partial charge in [-0.1, -0.05) is 6.92 Å². The molecule has 1 aromatic carbocycles. The maximum Gasteiger partial charge on any atom is 0.513 e. The number of carbonyl (C=O) groups excluding carboxylic acids is 2. The maximum absolute atomic E-state index is 14.4. The van der Waals surface area contributed by atoms with E-state index in [2.05, 4.69) is 11.7 Å². The highest BCUT2D eigenvalue weighted by molar-refractivity contribution is 7.20. The number of halogens is 2. The number of thiophene rings is 1. The summed E-state index contributed by atoms with van der Waals surface area (Å²) in [6, 6.07) is 4.55. The molecule has 1 aromatic heterocycles. The van der Waals surface area contributed by atoms with Crippen molar-refractivity contribution in [3.8, 4) is 16.2 Å². The molecule has 31 heavy (non-hydrogen) atoms. The van der Waals surface area contributed by atoms with Gasteiger partial charge in [0.1, 0.15) is 16.6 Å². The Morgan fingerprint density at radius 1 is 1.13 bits per heavy atom. The molecule has 0 atom stereocenters. The molecule has 1 aliphatic rings. The van der Waals surface area contributed by atoms with E-state index in [1.54, 1.807) is 4.90 Å². The number of methoxy groups -OCH3 is 1. The van der Waals surface area contributed by atoms with Crippen LogP contribution in [0.1, 0.15) is 46.5 Å². The zero-order chi connectivity index (χ0) is 22.7. The standard InChI is InChI=1S/C23H27F2NO4S/c1-13(2)26(21(27)15-7-5-14(3)6-8-15)22-19(30-23(28)29-4)12-20(31-22)17-10-9-16(24)11-18(17)25/h9-15H,5-8H2,1-4H3/t14-,15-. The fraction of sp³-hybridized carbons (Fsp3) is 0.478. The lowest BCUT2D eigenvalue weighted by molar-refractivity contribution is -0.123. The average molecular weight is 452 g/mol. The highest BCUT2D eigenvalue weighted by Crippen LogP contribution is 2.45. The van der Waals surface area contributed by atoms with Crippen LogP contribution in [0, 0.1) is 23.5 Å². The summed E-state index contributed by atoms with van der Waals surface area (Å²) in [5, 5.41) is 0.405. The molecular formula is C23H27F2NO4S. The normalized spacial score (nSPS) is 18.7. The molecule has 0 bridgehead atoms. The lowest BCUT2D eigenvalue weighted by atomic mass is 9.82. The Morgan fingerprint density at radius 3 is 2.39 bits per heavy atom. The molecule has 2 aromatic rings. The minimum absolute atomic E-state index is 0.0374. The summed E-state index contributed by atoms with van der Waals surface area (Å²) in [4.78, 5) is 27.3.